The van der Waals surface area contributed by atoms with Crippen LogP contribution in [-0.2, 0) is 20.0 Å². The largest absolute Gasteiger partial charge is 0.342 e. The lowest BCUT2D eigenvalue weighted by atomic mass is 10.3. The van der Waals surface area contributed by atoms with Gasteiger partial charge in [0, 0.05) is 5.02 Å². The number of amidine groups is 1. The Bertz CT molecular complexity index is 1060. The van der Waals surface area contributed by atoms with E-state index in [1.54, 1.807) is 12.1 Å². The number of fused-ring (bicyclic) bond motifs is 1. The van der Waals surface area contributed by atoms with Gasteiger partial charge in [0.15, 0.2) is 0 Å². The van der Waals surface area contributed by atoms with Crippen molar-refractivity contribution in [2.45, 2.75) is 16.7 Å². The SMILES string of the molecule is CC1=NS(=O)(=O)c2cc(S(=O)(=O)Nc3cccc(Cl)c3)ccc2N1. The molecular weight excluding hydrogens is 374 g/mol. The van der Waals surface area contributed by atoms with Gasteiger partial charge in [-0.1, -0.05) is 17.7 Å². The normalized spacial score (nSPS) is 15.8. The van der Waals surface area contributed by atoms with Gasteiger partial charge in [0.05, 0.1) is 16.3 Å². The smallest absolute Gasteiger partial charge is 0.286 e. The van der Waals surface area contributed by atoms with Gasteiger partial charge in [-0.2, -0.15) is 8.42 Å². The van der Waals surface area contributed by atoms with E-state index in [-0.39, 0.29) is 27.0 Å². The molecule has 0 bridgehead atoms. The van der Waals surface area contributed by atoms with Crippen LogP contribution in [0.15, 0.2) is 56.7 Å². The Hall–Kier alpha value is -2.10. The molecule has 1 aliphatic rings. The van der Waals surface area contributed by atoms with Crippen LogP contribution in [0.3, 0.4) is 0 Å². The highest BCUT2D eigenvalue weighted by Gasteiger charge is 2.26. The van der Waals surface area contributed by atoms with E-state index in [1.807, 2.05) is 0 Å². The summed E-state index contributed by atoms with van der Waals surface area (Å²) in [7, 11) is -7.92. The zero-order valence-electron chi connectivity index (χ0n) is 12.3. The first-order valence-corrected chi connectivity index (χ1v) is 9.98. The van der Waals surface area contributed by atoms with Crippen LogP contribution in [-0.4, -0.2) is 22.7 Å². The number of halogens is 1. The van der Waals surface area contributed by atoms with Crippen molar-refractivity contribution in [1.29, 1.82) is 0 Å². The van der Waals surface area contributed by atoms with Gasteiger partial charge in [-0.25, -0.2) is 8.42 Å². The Morgan fingerprint density at radius 3 is 2.62 bits per heavy atom. The van der Waals surface area contributed by atoms with E-state index in [4.69, 9.17) is 11.6 Å². The Kier molecular flexibility index (Phi) is 4.02. The second kappa shape index (κ2) is 5.76. The number of rotatable bonds is 3. The Morgan fingerprint density at radius 2 is 1.92 bits per heavy atom. The molecule has 2 aromatic carbocycles. The zero-order valence-corrected chi connectivity index (χ0v) is 14.7. The molecule has 126 valence electrons. The van der Waals surface area contributed by atoms with Gasteiger partial charge in [0.1, 0.15) is 10.7 Å². The van der Waals surface area contributed by atoms with Crippen molar-refractivity contribution in [1.82, 2.24) is 0 Å². The van der Waals surface area contributed by atoms with Crippen LogP contribution in [0.25, 0.3) is 0 Å². The first-order valence-electron chi connectivity index (χ1n) is 6.68. The lowest BCUT2D eigenvalue weighted by Gasteiger charge is -2.17. The van der Waals surface area contributed by atoms with Crippen molar-refractivity contribution in [3.05, 3.63) is 47.5 Å². The molecule has 0 spiro atoms. The lowest BCUT2D eigenvalue weighted by molar-refractivity contribution is 0.597. The molecule has 2 aromatic rings. The van der Waals surface area contributed by atoms with Crippen LogP contribution in [0, 0.1) is 0 Å². The highest BCUT2D eigenvalue weighted by molar-refractivity contribution is 7.93. The van der Waals surface area contributed by atoms with E-state index in [1.165, 1.54) is 31.2 Å². The highest BCUT2D eigenvalue weighted by atomic mass is 35.5. The van der Waals surface area contributed by atoms with Gasteiger partial charge < -0.3 is 5.32 Å². The summed E-state index contributed by atoms with van der Waals surface area (Å²) in [6, 6.07) is 9.96. The monoisotopic (exact) mass is 385 g/mol. The standard InChI is InChI=1S/C14H12ClN3O4S2/c1-9-16-13-6-5-12(8-14(13)24(21,22)17-9)23(19,20)18-11-4-2-3-10(15)7-11/h2-8,18H,1H3,(H,16,17). The number of nitrogens with one attached hydrogen (secondary N) is 2. The van der Waals surface area contributed by atoms with Crippen LogP contribution in [0.2, 0.25) is 5.02 Å². The average Bonchev–Trinajstić information content (AvgIpc) is 2.45. The predicted molar refractivity (Wildman–Crippen MR) is 92.6 cm³/mol. The molecule has 0 aromatic heterocycles. The second-order valence-corrected chi connectivity index (χ2v) is 8.74. The number of sulfonamides is 2. The third-order valence-corrected chi connectivity index (χ3v) is 6.21. The minimum Gasteiger partial charge on any atom is -0.342 e. The molecule has 0 fully saturated rings. The van der Waals surface area contributed by atoms with Crippen molar-refractivity contribution in [3.8, 4) is 0 Å². The van der Waals surface area contributed by atoms with Gasteiger partial charge in [-0.3, -0.25) is 4.72 Å². The van der Waals surface area contributed by atoms with Gasteiger partial charge >= 0.3 is 0 Å². The molecule has 0 unspecified atom stereocenters. The van der Waals surface area contributed by atoms with Gasteiger partial charge in [0.25, 0.3) is 20.0 Å². The summed E-state index contributed by atoms with van der Waals surface area (Å²) in [6.07, 6.45) is 0. The molecule has 1 aliphatic heterocycles. The third-order valence-electron chi connectivity index (χ3n) is 3.19. The van der Waals surface area contributed by atoms with Crippen LogP contribution < -0.4 is 10.0 Å². The van der Waals surface area contributed by atoms with Crippen LogP contribution >= 0.6 is 11.6 Å². The molecular formula is C14H12ClN3O4S2. The molecule has 0 saturated carbocycles. The maximum atomic E-state index is 12.5. The van der Waals surface area contributed by atoms with Crippen molar-refractivity contribution in [3.63, 3.8) is 0 Å². The van der Waals surface area contributed by atoms with E-state index in [2.05, 4.69) is 14.4 Å². The van der Waals surface area contributed by atoms with Crippen LogP contribution in [0.4, 0.5) is 11.4 Å². The van der Waals surface area contributed by atoms with E-state index in [0.29, 0.717) is 5.02 Å². The summed E-state index contributed by atoms with van der Waals surface area (Å²) in [5.41, 5.74) is 0.555. The van der Waals surface area contributed by atoms with Crippen molar-refractivity contribution in [2.75, 3.05) is 10.0 Å². The number of anilines is 2. The number of nitrogens with zero attached hydrogens (tertiary/aromatic N) is 1. The summed E-state index contributed by atoms with van der Waals surface area (Å²) in [5.74, 6) is 0.218. The Balaban J connectivity index is 2.03. The molecule has 2 N–H and O–H groups in total. The topological polar surface area (TPSA) is 105 Å². The van der Waals surface area contributed by atoms with Gasteiger partial charge in [-0.05, 0) is 43.3 Å². The van der Waals surface area contributed by atoms with Gasteiger partial charge in [-0.15, -0.1) is 4.40 Å². The van der Waals surface area contributed by atoms with Crippen LogP contribution in [0.1, 0.15) is 6.92 Å². The highest BCUT2D eigenvalue weighted by Crippen LogP contribution is 2.30. The fourth-order valence-corrected chi connectivity index (χ4v) is 4.72. The fourth-order valence-electron chi connectivity index (χ4n) is 2.20. The molecule has 7 nitrogen and oxygen atoms in total. The quantitative estimate of drug-likeness (QED) is 0.845. The molecule has 0 aliphatic carbocycles. The predicted octanol–water partition coefficient (Wildman–Crippen LogP) is 2.67. The van der Waals surface area contributed by atoms with Crippen molar-refractivity contribution < 1.29 is 16.8 Å². The maximum Gasteiger partial charge on any atom is 0.286 e. The van der Waals surface area contributed by atoms with E-state index in [9.17, 15) is 16.8 Å². The van der Waals surface area contributed by atoms with E-state index < -0.39 is 20.0 Å². The van der Waals surface area contributed by atoms with Crippen molar-refractivity contribution in [2.24, 2.45) is 4.40 Å². The Morgan fingerprint density at radius 1 is 1.17 bits per heavy atom. The fraction of sp³-hybridized carbons (Fsp3) is 0.0714. The first-order chi connectivity index (χ1) is 11.2. The number of benzene rings is 2. The number of hydrogen-bond donors (Lipinski definition) is 2. The Labute approximate surface area is 144 Å². The average molecular weight is 386 g/mol. The summed E-state index contributed by atoms with van der Waals surface area (Å²) in [5, 5.41) is 3.16. The lowest BCUT2D eigenvalue weighted by Crippen LogP contribution is -2.20. The minimum absolute atomic E-state index is 0.193. The molecule has 10 heteroatoms. The van der Waals surface area contributed by atoms with Crippen molar-refractivity contribution >= 4 is 48.9 Å². The zero-order chi connectivity index (χ0) is 17.5. The minimum atomic E-state index is -3.98. The summed E-state index contributed by atoms with van der Waals surface area (Å²) in [6.45, 7) is 1.51. The molecule has 3 rings (SSSR count). The molecule has 0 amide bonds. The second-order valence-electron chi connectivity index (χ2n) is 5.05. The molecule has 0 saturated heterocycles. The number of hydrogen-bond acceptors (Lipinski definition) is 5. The van der Waals surface area contributed by atoms with E-state index >= 15 is 0 Å². The first kappa shape index (κ1) is 16.7. The summed E-state index contributed by atoms with van der Waals surface area (Å²) < 4.78 is 55.0. The molecule has 0 atom stereocenters. The summed E-state index contributed by atoms with van der Waals surface area (Å²) in [4.78, 5) is -0.386. The molecule has 1 heterocycles. The van der Waals surface area contributed by atoms with Crippen LogP contribution in [0.5, 0.6) is 0 Å². The van der Waals surface area contributed by atoms with E-state index in [0.717, 1.165) is 6.07 Å². The summed E-state index contributed by atoms with van der Waals surface area (Å²) >= 11 is 5.83. The molecule has 0 radical (unpaired) electrons. The van der Waals surface area contributed by atoms with Gasteiger partial charge in [0.2, 0.25) is 0 Å². The molecule has 24 heavy (non-hydrogen) atoms. The maximum absolute atomic E-state index is 12.5. The third kappa shape index (κ3) is 3.23.